The van der Waals surface area contributed by atoms with Gasteiger partial charge in [-0.25, -0.2) is 0 Å². The zero-order chi connectivity index (χ0) is 15.1. The molecule has 1 aromatic carbocycles. The van der Waals surface area contributed by atoms with Crippen molar-refractivity contribution in [2.45, 2.75) is 32.3 Å². The van der Waals surface area contributed by atoms with E-state index in [1.165, 1.54) is 6.42 Å². The summed E-state index contributed by atoms with van der Waals surface area (Å²) in [7, 11) is 0. The van der Waals surface area contributed by atoms with Crippen LogP contribution in [0, 0.1) is 18.8 Å². The molecule has 1 heterocycles. The third-order valence-electron chi connectivity index (χ3n) is 3.58. The maximum atomic E-state index is 12.3. The topological polar surface area (TPSA) is 64.4 Å². The summed E-state index contributed by atoms with van der Waals surface area (Å²) in [5.74, 6) is 5.68. The van der Waals surface area contributed by atoms with Crippen LogP contribution in [0.25, 0.3) is 0 Å². The predicted molar refractivity (Wildman–Crippen MR) is 83.0 cm³/mol. The quantitative estimate of drug-likeness (QED) is 0.830. The molecule has 0 radical (unpaired) electrons. The van der Waals surface area contributed by atoms with Gasteiger partial charge in [0.1, 0.15) is 0 Å². The fraction of sp³-hybridized carbons (Fsp3) is 0.471. The molecule has 0 bridgehead atoms. The van der Waals surface area contributed by atoms with Crippen molar-refractivity contribution in [3.8, 4) is 11.8 Å². The summed E-state index contributed by atoms with van der Waals surface area (Å²) in [6.45, 7) is 3.60. The van der Waals surface area contributed by atoms with Crippen LogP contribution in [0.1, 0.15) is 40.7 Å². The molecule has 1 atom stereocenters. The van der Waals surface area contributed by atoms with E-state index in [1.54, 1.807) is 0 Å². The average molecular weight is 286 g/mol. The molecule has 0 saturated carbocycles. The van der Waals surface area contributed by atoms with Crippen molar-refractivity contribution in [2.24, 2.45) is 5.73 Å². The third-order valence-corrected chi connectivity index (χ3v) is 3.58. The first kappa shape index (κ1) is 15.6. The molecule has 1 saturated heterocycles. The molecule has 1 aromatic rings. The van der Waals surface area contributed by atoms with Crippen molar-refractivity contribution in [1.29, 1.82) is 0 Å². The normalized spacial score (nSPS) is 17.7. The summed E-state index contributed by atoms with van der Waals surface area (Å²) in [5.41, 5.74) is 7.78. The zero-order valence-corrected chi connectivity index (χ0v) is 12.4. The molecule has 2 rings (SSSR count). The highest BCUT2D eigenvalue weighted by atomic mass is 16.5. The van der Waals surface area contributed by atoms with Crippen LogP contribution in [-0.2, 0) is 4.74 Å². The Kier molecular flexibility index (Phi) is 5.79. The summed E-state index contributed by atoms with van der Waals surface area (Å²) in [6, 6.07) is 5.63. The van der Waals surface area contributed by atoms with Crippen LogP contribution in [0.4, 0.5) is 0 Å². The number of amides is 1. The zero-order valence-electron chi connectivity index (χ0n) is 12.4. The SMILES string of the molecule is Cc1ccc(C#CCN)cc1C(=O)NCC1CCCCO1. The molecule has 1 aliphatic rings. The van der Waals surface area contributed by atoms with E-state index in [0.29, 0.717) is 18.7 Å². The van der Waals surface area contributed by atoms with Crippen LogP contribution in [0.3, 0.4) is 0 Å². The van der Waals surface area contributed by atoms with E-state index < -0.39 is 0 Å². The first-order chi connectivity index (χ1) is 10.2. The number of nitrogens with one attached hydrogen (secondary N) is 1. The molecular formula is C17H22N2O2. The summed E-state index contributed by atoms with van der Waals surface area (Å²) >= 11 is 0. The second-order valence-corrected chi connectivity index (χ2v) is 5.23. The minimum atomic E-state index is -0.0712. The number of nitrogens with two attached hydrogens (primary N) is 1. The Morgan fingerprint density at radius 1 is 1.48 bits per heavy atom. The van der Waals surface area contributed by atoms with Gasteiger partial charge in [-0.15, -0.1) is 0 Å². The summed E-state index contributed by atoms with van der Waals surface area (Å²) in [5, 5.41) is 2.96. The van der Waals surface area contributed by atoms with Gasteiger partial charge in [-0.2, -0.15) is 0 Å². The Morgan fingerprint density at radius 3 is 3.05 bits per heavy atom. The van der Waals surface area contributed by atoms with Gasteiger partial charge in [0.05, 0.1) is 12.6 Å². The molecule has 112 valence electrons. The number of carbonyl (C=O) groups excluding carboxylic acids is 1. The number of aryl methyl sites for hydroxylation is 1. The average Bonchev–Trinajstić information content (AvgIpc) is 2.53. The fourth-order valence-electron chi connectivity index (χ4n) is 2.37. The first-order valence-electron chi connectivity index (χ1n) is 7.40. The molecule has 21 heavy (non-hydrogen) atoms. The summed E-state index contributed by atoms with van der Waals surface area (Å²) in [4.78, 5) is 12.3. The molecule has 3 N–H and O–H groups in total. The molecule has 1 unspecified atom stereocenters. The highest BCUT2D eigenvalue weighted by molar-refractivity contribution is 5.96. The van der Waals surface area contributed by atoms with E-state index in [0.717, 1.165) is 30.6 Å². The van der Waals surface area contributed by atoms with Crippen LogP contribution in [0.15, 0.2) is 18.2 Å². The van der Waals surface area contributed by atoms with Crippen LogP contribution < -0.4 is 11.1 Å². The Balaban J connectivity index is 2.00. The summed E-state index contributed by atoms with van der Waals surface area (Å²) < 4.78 is 5.62. The van der Waals surface area contributed by atoms with E-state index in [9.17, 15) is 4.79 Å². The van der Waals surface area contributed by atoms with E-state index in [-0.39, 0.29) is 12.0 Å². The molecule has 0 aromatic heterocycles. The Morgan fingerprint density at radius 2 is 2.33 bits per heavy atom. The minimum absolute atomic E-state index is 0.0712. The van der Waals surface area contributed by atoms with Crippen LogP contribution in [0.5, 0.6) is 0 Å². The number of hydrogen-bond acceptors (Lipinski definition) is 3. The van der Waals surface area contributed by atoms with Gasteiger partial charge >= 0.3 is 0 Å². The molecule has 1 aliphatic heterocycles. The molecule has 1 amide bonds. The smallest absolute Gasteiger partial charge is 0.251 e. The number of carbonyl (C=O) groups is 1. The van der Waals surface area contributed by atoms with Crippen molar-refractivity contribution >= 4 is 5.91 Å². The predicted octanol–water partition coefficient (Wildman–Crippen LogP) is 1.60. The number of hydrogen-bond donors (Lipinski definition) is 2. The second-order valence-electron chi connectivity index (χ2n) is 5.23. The van der Waals surface area contributed by atoms with Crippen molar-refractivity contribution in [3.63, 3.8) is 0 Å². The largest absolute Gasteiger partial charge is 0.376 e. The second kappa shape index (κ2) is 7.82. The monoisotopic (exact) mass is 286 g/mol. The van der Waals surface area contributed by atoms with E-state index in [1.807, 2.05) is 25.1 Å². The Bertz CT molecular complexity index is 552. The minimum Gasteiger partial charge on any atom is -0.376 e. The fourth-order valence-corrected chi connectivity index (χ4v) is 2.37. The van der Waals surface area contributed by atoms with E-state index >= 15 is 0 Å². The lowest BCUT2D eigenvalue weighted by molar-refractivity contribution is 0.0169. The summed E-state index contributed by atoms with van der Waals surface area (Å²) in [6.07, 6.45) is 3.44. The van der Waals surface area contributed by atoms with Gasteiger partial charge in [-0.1, -0.05) is 17.9 Å². The standard InChI is InChI=1S/C17H22N2O2/c1-13-7-8-14(5-4-9-18)11-16(13)17(20)19-12-15-6-2-3-10-21-15/h7-8,11,15H,2-3,6,9-10,12,18H2,1H3,(H,19,20). The van der Waals surface area contributed by atoms with Gasteiger partial charge < -0.3 is 15.8 Å². The van der Waals surface area contributed by atoms with Gasteiger partial charge in [0.15, 0.2) is 0 Å². The molecule has 1 fully saturated rings. The van der Waals surface area contributed by atoms with E-state index in [4.69, 9.17) is 10.5 Å². The van der Waals surface area contributed by atoms with Crippen molar-refractivity contribution in [1.82, 2.24) is 5.32 Å². The molecule has 0 spiro atoms. The van der Waals surface area contributed by atoms with Crippen molar-refractivity contribution in [2.75, 3.05) is 19.7 Å². The maximum Gasteiger partial charge on any atom is 0.251 e. The van der Waals surface area contributed by atoms with Gasteiger partial charge in [-0.3, -0.25) is 4.79 Å². The Labute approximate surface area is 126 Å². The van der Waals surface area contributed by atoms with Gasteiger partial charge in [0, 0.05) is 24.3 Å². The highest BCUT2D eigenvalue weighted by Gasteiger charge is 2.16. The first-order valence-corrected chi connectivity index (χ1v) is 7.40. The lowest BCUT2D eigenvalue weighted by Gasteiger charge is -2.22. The van der Waals surface area contributed by atoms with Crippen LogP contribution in [0.2, 0.25) is 0 Å². The third kappa shape index (κ3) is 4.59. The van der Waals surface area contributed by atoms with Gasteiger partial charge in [0.25, 0.3) is 5.91 Å². The molecular weight excluding hydrogens is 264 g/mol. The Hall–Kier alpha value is -1.83. The van der Waals surface area contributed by atoms with Crippen molar-refractivity contribution in [3.05, 3.63) is 34.9 Å². The molecule has 4 heteroatoms. The number of benzene rings is 1. The van der Waals surface area contributed by atoms with E-state index in [2.05, 4.69) is 17.2 Å². The van der Waals surface area contributed by atoms with Crippen LogP contribution in [-0.4, -0.2) is 31.7 Å². The molecule has 0 aliphatic carbocycles. The lowest BCUT2D eigenvalue weighted by Crippen LogP contribution is -2.35. The van der Waals surface area contributed by atoms with Gasteiger partial charge in [-0.05, 0) is 43.9 Å². The number of ether oxygens (including phenoxy) is 1. The molecule has 4 nitrogen and oxygen atoms in total. The number of rotatable bonds is 3. The van der Waals surface area contributed by atoms with Crippen LogP contribution >= 0.6 is 0 Å². The van der Waals surface area contributed by atoms with Crippen molar-refractivity contribution < 1.29 is 9.53 Å². The lowest BCUT2D eigenvalue weighted by atomic mass is 10.0. The highest BCUT2D eigenvalue weighted by Crippen LogP contribution is 2.13. The van der Waals surface area contributed by atoms with Gasteiger partial charge in [0.2, 0.25) is 0 Å². The maximum absolute atomic E-state index is 12.3.